The number of H-pyrrole nitrogens is 1. The number of aromatic amines is 1. The number of likely N-dealkylation sites (tertiary alicyclic amines) is 1. The lowest BCUT2D eigenvalue weighted by atomic mass is 9.97. The average molecular weight is 394 g/mol. The van der Waals surface area contributed by atoms with Gasteiger partial charge in [0.15, 0.2) is 0 Å². The Bertz CT molecular complexity index is 892. The summed E-state index contributed by atoms with van der Waals surface area (Å²) in [5.74, 6) is 1.51. The highest BCUT2D eigenvalue weighted by atomic mass is 32.2. The molecule has 1 aliphatic carbocycles. The summed E-state index contributed by atoms with van der Waals surface area (Å²) in [6.07, 6.45) is 4.58. The van der Waals surface area contributed by atoms with Gasteiger partial charge in [0, 0.05) is 17.5 Å². The molecule has 0 spiro atoms. The fraction of sp³-hybridized carbons (Fsp3) is 0.611. The van der Waals surface area contributed by atoms with E-state index >= 15 is 0 Å². The van der Waals surface area contributed by atoms with E-state index in [0.29, 0.717) is 30.3 Å². The number of amides is 1. The fourth-order valence-corrected chi connectivity index (χ4v) is 6.00. The highest BCUT2D eigenvalue weighted by Gasteiger charge is 2.30. The molecule has 8 heteroatoms. The van der Waals surface area contributed by atoms with E-state index in [1.54, 1.807) is 16.2 Å². The number of thiophene rings is 1. The molecule has 140 valence electrons. The Balaban J connectivity index is 1.43. The van der Waals surface area contributed by atoms with Gasteiger partial charge in [0.1, 0.15) is 10.7 Å². The van der Waals surface area contributed by atoms with Gasteiger partial charge in [-0.15, -0.1) is 23.1 Å². The van der Waals surface area contributed by atoms with Crippen LogP contribution in [0.2, 0.25) is 0 Å². The van der Waals surface area contributed by atoms with Crippen molar-refractivity contribution in [3.8, 4) is 0 Å². The van der Waals surface area contributed by atoms with Crippen LogP contribution in [0, 0.1) is 0 Å². The van der Waals surface area contributed by atoms with E-state index in [4.69, 9.17) is 0 Å². The molecule has 4 rings (SSSR count). The van der Waals surface area contributed by atoms with Gasteiger partial charge in [0.05, 0.1) is 23.0 Å². The monoisotopic (exact) mass is 393 g/mol. The lowest BCUT2D eigenvalue weighted by molar-refractivity contribution is -0.129. The molecule has 26 heavy (non-hydrogen) atoms. The van der Waals surface area contributed by atoms with E-state index in [1.807, 2.05) is 6.92 Å². The van der Waals surface area contributed by atoms with Gasteiger partial charge in [0.2, 0.25) is 5.91 Å². The molecule has 1 fully saturated rings. The van der Waals surface area contributed by atoms with Gasteiger partial charge in [0.25, 0.3) is 5.56 Å². The molecule has 2 atom stereocenters. The first-order chi connectivity index (χ1) is 12.5. The summed E-state index contributed by atoms with van der Waals surface area (Å²) in [6, 6.07) is 0.0878. The minimum atomic E-state index is -0.413. The number of aliphatic hydroxyl groups is 1. The van der Waals surface area contributed by atoms with Crippen LogP contribution in [0.5, 0.6) is 0 Å². The van der Waals surface area contributed by atoms with Crippen molar-refractivity contribution in [2.24, 2.45) is 0 Å². The summed E-state index contributed by atoms with van der Waals surface area (Å²) >= 11 is 3.10. The summed E-state index contributed by atoms with van der Waals surface area (Å²) in [5, 5.41) is 10.4. The fourth-order valence-electron chi connectivity index (χ4n) is 3.94. The zero-order valence-corrected chi connectivity index (χ0v) is 16.4. The number of nitrogens with zero attached hydrogens (tertiary/aromatic N) is 2. The van der Waals surface area contributed by atoms with E-state index in [2.05, 4.69) is 9.97 Å². The summed E-state index contributed by atoms with van der Waals surface area (Å²) < 4.78 is 0. The van der Waals surface area contributed by atoms with Gasteiger partial charge in [-0.2, -0.15) is 0 Å². The van der Waals surface area contributed by atoms with Crippen LogP contribution in [0.3, 0.4) is 0 Å². The van der Waals surface area contributed by atoms with Crippen LogP contribution in [-0.4, -0.2) is 50.3 Å². The molecule has 0 bridgehead atoms. The normalized spacial score (nSPS) is 22.8. The van der Waals surface area contributed by atoms with Crippen LogP contribution in [0.15, 0.2) is 4.79 Å². The third-order valence-electron chi connectivity index (χ3n) is 5.21. The lowest BCUT2D eigenvalue weighted by Gasteiger charge is -2.20. The topological polar surface area (TPSA) is 86.3 Å². The molecule has 1 amide bonds. The smallest absolute Gasteiger partial charge is 0.259 e. The molecular weight excluding hydrogens is 370 g/mol. The lowest BCUT2D eigenvalue weighted by Crippen LogP contribution is -2.35. The number of hydrogen-bond donors (Lipinski definition) is 2. The minimum Gasteiger partial charge on any atom is -0.391 e. The van der Waals surface area contributed by atoms with Gasteiger partial charge < -0.3 is 15.0 Å². The Morgan fingerprint density at radius 2 is 2.23 bits per heavy atom. The van der Waals surface area contributed by atoms with Crippen molar-refractivity contribution in [2.75, 3.05) is 12.3 Å². The second-order valence-corrected chi connectivity index (χ2v) is 9.25. The van der Waals surface area contributed by atoms with Crippen molar-refractivity contribution in [3.63, 3.8) is 0 Å². The number of β-amino-alcohol motifs (C(OH)–C–C–N with tert-alkyl or cyclic N) is 1. The largest absolute Gasteiger partial charge is 0.391 e. The van der Waals surface area contributed by atoms with Crippen molar-refractivity contribution in [1.29, 1.82) is 0 Å². The molecule has 0 radical (unpaired) electrons. The van der Waals surface area contributed by atoms with E-state index in [0.717, 1.165) is 29.5 Å². The number of hydrogen-bond acceptors (Lipinski definition) is 6. The third kappa shape index (κ3) is 3.42. The van der Waals surface area contributed by atoms with Crippen LogP contribution < -0.4 is 5.56 Å². The molecule has 2 aromatic heterocycles. The summed E-state index contributed by atoms with van der Waals surface area (Å²) in [7, 11) is 0. The van der Waals surface area contributed by atoms with Crippen LogP contribution in [0.4, 0.5) is 0 Å². The zero-order valence-electron chi connectivity index (χ0n) is 14.8. The quantitative estimate of drug-likeness (QED) is 0.831. The van der Waals surface area contributed by atoms with E-state index in [1.165, 1.54) is 28.6 Å². The molecule has 2 aromatic rings. The predicted molar refractivity (Wildman–Crippen MR) is 105 cm³/mol. The number of fused-ring (bicyclic) bond motifs is 3. The van der Waals surface area contributed by atoms with Crippen LogP contribution in [-0.2, 0) is 23.4 Å². The van der Waals surface area contributed by atoms with Crippen LogP contribution in [0.1, 0.15) is 42.5 Å². The van der Waals surface area contributed by atoms with Gasteiger partial charge >= 0.3 is 0 Å². The summed E-state index contributed by atoms with van der Waals surface area (Å²) in [5.41, 5.74) is 1.15. The number of carbonyl (C=O) groups excluding carboxylic acids is 1. The summed E-state index contributed by atoms with van der Waals surface area (Å²) in [4.78, 5) is 36.2. The number of aryl methyl sites for hydroxylation is 2. The second-order valence-electron chi connectivity index (χ2n) is 7.18. The van der Waals surface area contributed by atoms with E-state index < -0.39 is 6.10 Å². The molecule has 1 aliphatic heterocycles. The van der Waals surface area contributed by atoms with Gasteiger partial charge in [-0.1, -0.05) is 0 Å². The number of aromatic nitrogens is 2. The Labute approximate surface area is 160 Å². The molecule has 1 saturated heterocycles. The minimum absolute atomic E-state index is 0.0362. The number of nitrogens with one attached hydrogen (secondary N) is 1. The first-order valence-electron chi connectivity index (χ1n) is 9.11. The molecule has 0 saturated carbocycles. The average Bonchev–Trinajstić information content (AvgIpc) is 3.14. The Hall–Kier alpha value is -1.38. The Morgan fingerprint density at radius 3 is 3.00 bits per heavy atom. The molecular formula is C18H23N3O3S2. The Kier molecular flexibility index (Phi) is 5.07. The number of thioether (sulfide) groups is 1. The number of carbonyl (C=O) groups is 1. The highest BCUT2D eigenvalue weighted by molar-refractivity contribution is 7.99. The summed E-state index contributed by atoms with van der Waals surface area (Å²) in [6.45, 7) is 2.38. The van der Waals surface area contributed by atoms with Crippen molar-refractivity contribution in [3.05, 3.63) is 26.6 Å². The Morgan fingerprint density at radius 1 is 1.42 bits per heavy atom. The zero-order chi connectivity index (χ0) is 18.3. The van der Waals surface area contributed by atoms with E-state index in [9.17, 15) is 14.7 Å². The van der Waals surface area contributed by atoms with Crippen LogP contribution >= 0.6 is 23.1 Å². The molecule has 0 unspecified atom stereocenters. The first kappa shape index (κ1) is 18.0. The van der Waals surface area contributed by atoms with Gasteiger partial charge in [-0.05, 0) is 44.6 Å². The molecule has 2 aliphatic rings. The van der Waals surface area contributed by atoms with Crippen molar-refractivity contribution >= 4 is 39.2 Å². The molecule has 2 N–H and O–H groups in total. The SMILES string of the molecule is C[C@H]1C[C@H](O)CN1C(=O)CSCc1nc2sc3c(c2c(=O)[nH]1)CCCC3. The molecule has 3 heterocycles. The van der Waals surface area contributed by atoms with Crippen molar-refractivity contribution in [1.82, 2.24) is 14.9 Å². The molecule has 0 aromatic carbocycles. The van der Waals surface area contributed by atoms with E-state index in [-0.39, 0.29) is 17.5 Å². The van der Waals surface area contributed by atoms with Crippen molar-refractivity contribution in [2.45, 2.75) is 56.9 Å². The first-order valence-corrected chi connectivity index (χ1v) is 11.1. The van der Waals surface area contributed by atoms with Gasteiger partial charge in [-0.3, -0.25) is 9.59 Å². The third-order valence-corrected chi connectivity index (χ3v) is 7.33. The van der Waals surface area contributed by atoms with Crippen LogP contribution in [0.25, 0.3) is 10.2 Å². The van der Waals surface area contributed by atoms with Gasteiger partial charge in [-0.25, -0.2) is 4.98 Å². The second kappa shape index (κ2) is 7.32. The standard InChI is InChI=1S/C18H23N3O3S2/c1-10-6-11(22)7-21(10)15(23)9-25-8-14-19-17(24)16-12-4-2-3-5-13(12)26-18(16)20-14/h10-11,22H,2-9H2,1H3,(H,19,20,24)/t10-,11-/m0/s1. The molecule has 6 nitrogen and oxygen atoms in total. The number of rotatable bonds is 4. The number of aliphatic hydroxyl groups excluding tert-OH is 1. The maximum atomic E-state index is 12.5. The predicted octanol–water partition coefficient (Wildman–Crippen LogP) is 2.08. The highest BCUT2D eigenvalue weighted by Crippen LogP contribution is 2.33. The maximum Gasteiger partial charge on any atom is 0.259 e. The maximum absolute atomic E-state index is 12.5. The van der Waals surface area contributed by atoms with Crippen molar-refractivity contribution < 1.29 is 9.90 Å².